The Morgan fingerprint density at radius 1 is 0.806 bits per heavy atom. The van der Waals surface area contributed by atoms with Crippen LogP contribution in [0.2, 0.25) is 0 Å². The lowest BCUT2D eigenvalue weighted by molar-refractivity contribution is -0.120. The average molecular weight is 418 g/mol. The third-order valence-corrected chi connectivity index (χ3v) is 4.92. The van der Waals surface area contributed by atoms with Crippen LogP contribution in [-0.4, -0.2) is 26.0 Å². The fourth-order valence-electron chi connectivity index (χ4n) is 3.41. The van der Waals surface area contributed by atoms with E-state index in [9.17, 15) is 14.0 Å². The lowest BCUT2D eigenvalue weighted by Gasteiger charge is -2.16. The van der Waals surface area contributed by atoms with Crippen LogP contribution in [0.3, 0.4) is 0 Å². The standard InChI is InChI=1S/C24H19FN2O4/c1-30-16-13-11-15(12-14-16)21-22(26-18-8-4-6-10-20(18)31-2)24(29)27(23(21)28)19-9-5-3-7-17(19)25/h3-14,26H,1-2H3. The van der Waals surface area contributed by atoms with Crippen molar-refractivity contribution in [1.82, 2.24) is 0 Å². The van der Waals surface area contributed by atoms with Crippen LogP contribution in [0.5, 0.6) is 11.5 Å². The first-order chi connectivity index (χ1) is 15.0. The zero-order chi connectivity index (χ0) is 22.0. The number of para-hydroxylation sites is 3. The molecule has 3 aromatic carbocycles. The molecule has 0 saturated carbocycles. The molecule has 156 valence electrons. The van der Waals surface area contributed by atoms with Crippen molar-refractivity contribution in [1.29, 1.82) is 0 Å². The van der Waals surface area contributed by atoms with Gasteiger partial charge in [0, 0.05) is 0 Å². The van der Waals surface area contributed by atoms with Crippen LogP contribution in [0, 0.1) is 5.82 Å². The zero-order valence-electron chi connectivity index (χ0n) is 16.9. The molecule has 3 aromatic rings. The molecule has 4 rings (SSSR count). The number of carbonyl (C=O) groups excluding carboxylic acids is 2. The van der Waals surface area contributed by atoms with E-state index in [1.54, 1.807) is 54.6 Å². The van der Waals surface area contributed by atoms with Gasteiger partial charge in [-0.1, -0.05) is 36.4 Å². The van der Waals surface area contributed by atoms with Crippen LogP contribution >= 0.6 is 0 Å². The monoisotopic (exact) mass is 418 g/mol. The Labute approximate surface area is 178 Å². The van der Waals surface area contributed by atoms with Gasteiger partial charge in [-0.2, -0.15) is 0 Å². The molecule has 0 spiro atoms. The molecule has 0 fully saturated rings. The molecule has 0 unspecified atom stereocenters. The average Bonchev–Trinajstić information content (AvgIpc) is 3.04. The summed E-state index contributed by atoms with van der Waals surface area (Å²) in [6.07, 6.45) is 0. The van der Waals surface area contributed by atoms with Crippen LogP contribution in [0.1, 0.15) is 5.56 Å². The molecule has 0 saturated heterocycles. The number of amides is 2. The lowest BCUT2D eigenvalue weighted by Crippen LogP contribution is -2.33. The fourth-order valence-corrected chi connectivity index (χ4v) is 3.41. The van der Waals surface area contributed by atoms with E-state index in [-0.39, 0.29) is 17.0 Å². The number of ether oxygens (including phenoxy) is 2. The SMILES string of the molecule is COc1ccc(C2=C(Nc3ccccc3OC)C(=O)N(c3ccccc3F)C2=O)cc1. The molecule has 0 aliphatic carbocycles. The second-order valence-electron chi connectivity index (χ2n) is 6.70. The van der Waals surface area contributed by atoms with Crippen molar-refractivity contribution in [3.05, 3.63) is 89.9 Å². The number of hydrogen-bond donors (Lipinski definition) is 1. The molecule has 7 heteroatoms. The van der Waals surface area contributed by atoms with Crippen LogP contribution in [0.15, 0.2) is 78.5 Å². The molecule has 1 N–H and O–H groups in total. The number of hydrogen-bond acceptors (Lipinski definition) is 5. The van der Waals surface area contributed by atoms with E-state index in [1.165, 1.54) is 32.4 Å². The summed E-state index contributed by atoms with van der Waals surface area (Å²) in [5, 5.41) is 3.03. The van der Waals surface area contributed by atoms with Gasteiger partial charge in [-0.05, 0) is 42.0 Å². The van der Waals surface area contributed by atoms with Gasteiger partial charge in [0.2, 0.25) is 0 Å². The predicted octanol–water partition coefficient (Wildman–Crippen LogP) is 4.24. The van der Waals surface area contributed by atoms with Crippen LogP contribution in [0.4, 0.5) is 15.8 Å². The maximum Gasteiger partial charge on any atom is 0.282 e. The van der Waals surface area contributed by atoms with Gasteiger partial charge in [-0.15, -0.1) is 0 Å². The number of carbonyl (C=O) groups is 2. The predicted molar refractivity (Wildman–Crippen MR) is 115 cm³/mol. The minimum atomic E-state index is -0.670. The second-order valence-corrected chi connectivity index (χ2v) is 6.70. The molecule has 0 radical (unpaired) electrons. The molecule has 1 aliphatic rings. The maximum absolute atomic E-state index is 14.5. The fraction of sp³-hybridized carbons (Fsp3) is 0.0833. The Balaban J connectivity index is 1.85. The Morgan fingerprint density at radius 2 is 1.48 bits per heavy atom. The molecule has 31 heavy (non-hydrogen) atoms. The number of anilines is 2. The van der Waals surface area contributed by atoms with Crippen molar-refractivity contribution in [2.75, 3.05) is 24.4 Å². The highest BCUT2D eigenvalue weighted by Gasteiger charge is 2.41. The van der Waals surface area contributed by atoms with Crippen LogP contribution in [-0.2, 0) is 9.59 Å². The minimum Gasteiger partial charge on any atom is -0.497 e. The maximum atomic E-state index is 14.5. The number of nitrogens with zero attached hydrogens (tertiary/aromatic N) is 1. The van der Waals surface area contributed by atoms with E-state index in [2.05, 4.69) is 5.32 Å². The number of imide groups is 1. The number of nitrogens with one attached hydrogen (secondary N) is 1. The molecule has 1 aliphatic heterocycles. The molecule has 0 bridgehead atoms. The van der Waals surface area contributed by atoms with Crippen molar-refractivity contribution in [3.8, 4) is 11.5 Å². The molecule has 0 atom stereocenters. The molecule has 6 nitrogen and oxygen atoms in total. The summed E-state index contributed by atoms with van der Waals surface area (Å²) in [4.78, 5) is 27.5. The van der Waals surface area contributed by atoms with Gasteiger partial charge >= 0.3 is 0 Å². The van der Waals surface area contributed by atoms with E-state index in [1.807, 2.05) is 0 Å². The Kier molecular flexibility index (Phi) is 5.41. The molecular weight excluding hydrogens is 399 g/mol. The highest BCUT2D eigenvalue weighted by Crippen LogP contribution is 2.36. The minimum absolute atomic E-state index is 0.0305. The summed E-state index contributed by atoms with van der Waals surface area (Å²) in [5.74, 6) is -0.860. The molecule has 2 amide bonds. The summed E-state index contributed by atoms with van der Waals surface area (Å²) in [6.45, 7) is 0. The van der Waals surface area contributed by atoms with Crippen molar-refractivity contribution >= 4 is 28.8 Å². The van der Waals surface area contributed by atoms with Crippen molar-refractivity contribution < 1.29 is 23.5 Å². The van der Waals surface area contributed by atoms with Gasteiger partial charge in [-0.25, -0.2) is 9.29 Å². The van der Waals surface area contributed by atoms with E-state index >= 15 is 0 Å². The Hall–Kier alpha value is -4.13. The van der Waals surface area contributed by atoms with Gasteiger partial charge in [0.25, 0.3) is 11.8 Å². The van der Waals surface area contributed by atoms with Crippen LogP contribution < -0.4 is 19.7 Å². The summed E-state index contributed by atoms with van der Waals surface area (Å²) < 4.78 is 25.0. The highest BCUT2D eigenvalue weighted by molar-refractivity contribution is 6.46. The summed E-state index contributed by atoms with van der Waals surface area (Å²) in [7, 11) is 3.04. The van der Waals surface area contributed by atoms with Crippen molar-refractivity contribution in [2.24, 2.45) is 0 Å². The van der Waals surface area contributed by atoms with Gasteiger partial charge in [-0.3, -0.25) is 9.59 Å². The smallest absolute Gasteiger partial charge is 0.282 e. The Morgan fingerprint density at radius 3 is 2.16 bits per heavy atom. The first-order valence-electron chi connectivity index (χ1n) is 9.47. The van der Waals surface area contributed by atoms with Gasteiger partial charge in [0.15, 0.2) is 0 Å². The van der Waals surface area contributed by atoms with Gasteiger partial charge in [0.05, 0.1) is 31.2 Å². The summed E-state index contributed by atoms with van der Waals surface area (Å²) >= 11 is 0. The van der Waals surface area contributed by atoms with E-state index in [0.29, 0.717) is 22.7 Å². The highest BCUT2D eigenvalue weighted by atomic mass is 19.1. The lowest BCUT2D eigenvalue weighted by atomic mass is 10.0. The Bertz CT molecular complexity index is 1190. The quantitative estimate of drug-likeness (QED) is 0.607. The third kappa shape index (κ3) is 3.61. The van der Waals surface area contributed by atoms with E-state index in [4.69, 9.17) is 9.47 Å². The molecular formula is C24H19FN2O4. The number of rotatable bonds is 6. The molecule has 1 heterocycles. The van der Waals surface area contributed by atoms with Crippen molar-refractivity contribution in [3.63, 3.8) is 0 Å². The van der Waals surface area contributed by atoms with Gasteiger partial charge in [0.1, 0.15) is 23.0 Å². The first kappa shape index (κ1) is 20.2. The normalized spacial score (nSPS) is 13.6. The van der Waals surface area contributed by atoms with Crippen LogP contribution in [0.25, 0.3) is 5.57 Å². The largest absolute Gasteiger partial charge is 0.497 e. The summed E-state index contributed by atoms with van der Waals surface area (Å²) in [5.41, 5.74) is 1.04. The number of halogens is 1. The number of methoxy groups -OCH3 is 2. The zero-order valence-corrected chi connectivity index (χ0v) is 16.9. The van der Waals surface area contributed by atoms with E-state index < -0.39 is 17.6 Å². The second kappa shape index (κ2) is 8.31. The van der Waals surface area contributed by atoms with E-state index in [0.717, 1.165) is 4.90 Å². The third-order valence-electron chi connectivity index (χ3n) is 4.92. The first-order valence-corrected chi connectivity index (χ1v) is 9.47. The van der Waals surface area contributed by atoms with Gasteiger partial charge < -0.3 is 14.8 Å². The number of benzene rings is 3. The summed E-state index contributed by atoms with van der Waals surface area (Å²) in [6, 6.07) is 19.4. The van der Waals surface area contributed by atoms with Crippen molar-refractivity contribution in [2.45, 2.75) is 0 Å². The molecule has 0 aromatic heterocycles. The topological polar surface area (TPSA) is 67.9 Å².